The molecule has 1 aromatic heterocycles. The summed E-state index contributed by atoms with van der Waals surface area (Å²) < 4.78 is 0. The molecule has 4 rings (SSSR count). The fourth-order valence-corrected chi connectivity index (χ4v) is 3.96. The Morgan fingerprint density at radius 1 is 1.31 bits per heavy atom. The number of hydrogen-bond acceptors (Lipinski definition) is 3. The monoisotopic (exact) mass is 372 g/mol. The lowest BCUT2D eigenvalue weighted by Gasteiger charge is -2.19. The zero-order chi connectivity index (χ0) is 18.3. The first kappa shape index (κ1) is 17.1. The molecular formula is C19H21ClN4O2. The van der Waals surface area contributed by atoms with Gasteiger partial charge in [-0.25, -0.2) is 0 Å². The van der Waals surface area contributed by atoms with E-state index in [1.807, 2.05) is 6.07 Å². The van der Waals surface area contributed by atoms with Gasteiger partial charge in [0.25, 0.3) is 5.91 Å². The van der Waals surface area contributed by atoms with Crippen LogP contribution in [0.2, 0.25) is 5.02 Å². The van der Waals surface area contributed by atoms with Crippen LogP contribution in [-0.4, -0.2) is 28.1 Å². The minimum atomic E-state index is -0.589. The molecule has 0 saturated carbocycles. The van der Waals surface area contributed by atoms with Crippen LogP contribution >= 0.6 is 11.6 Å². The van der Waals surface area contributed by atoms with Gasteiger partial charge in [0.05, 0.1) is 5.69 Å². The van der Waals surface area contributed by atoms with Crippen molar-refractivity contribution in [3.63, 3.8) is 0 Å². The lowest BCUT2D eigenvalue weighted by molar-refractivity contribution is -0.118. The van der Waals surface area contributed by atoms with Crippen molar-refractivity contribution in [2.75, 3.05) is 5.32 Å². The van der Waals surface area contributed by atoms with Gasteiger partial charge in [-0.15, -0.1) is 0 Å². The molecule has 0 radical (unpaired) electrons. The summed E-state index contributed by atoms with van der Waals surface area (Å²) in [5.41, 5.74) is 4.19. The molecule has 2 heterocycles. The van der Waals surface area contributed by atoms with Gasteiger partial charge in [-0.2, -0.15) is 5.10 Å². The number of aromatic nitrogens is 2. The molecular weight excluding hydrogens is 352 g/mol. The van der Waals surface area contributed by atoms with E-state index in [1.54, 1.807) is 12.1 Å². The highest BCUT2D eigenvalue weighted by molar-refractivity contribution is 6.30. The highest BCUT2D eigenvalue weighted by Crippen LogP contribution is 2.27. The Morgan fingerprint density at radius 3 is 3.00 bits per heavy atom. The third kappa shape index (κ3) is 3.21. The van der Waals surface area contributed by atoms with Gasteiger partial charge in [-0.05, 0) is 61.8 Å². The zero-order valence-corrected chi connectivity index (χ0v) is 15.3. The number of halogens is 1. The van der Waals surface area contributed by atoms with Gasteiger partial charge >= 0.3 is 0 Å². The normalized spacial score (nSPS) is 22.0. The van der Waals surface area contributed by atoms with Crippen molar-refractivity contribution in [2.45, 2.75) is 45.1 Å². The standard InChI is InChI=1S/C19H21ClN4O2/c1-10-2-5-15-13(8-10)17(24-23-15)19(26)22-16-6-3-11-9-12(20)4-7-14(11)21-18(16)25/h4,7,9-10,16H,2-3,5-6,8H2,1H3,(H,21,25)(H,22,26)(H,23,24)/t10?,16-/m0/s1. The topological polar surface area (TPSA) is 86.9 Å². The number of nitrogens with zero attached hydrogens (tertiary/aromatic N) is 1. The van der Waals surface area contributed by atoms with E-state index >= 15 is 0 Å². The van der Waals surface area contributed by atoms with Crippen LogP contribution in [-0.2, 0) is 24.1 Å². The fraction of sp³-hybridized carbons (Fsp3) is 0.421. The summed E-state index contributed by atoms with van der Waals surface area (Å²) in [6.07, 6.45) is 4.01. The van der Waals surface area contributed by atoms with E-state index < -0.39 is 6.04 Å². The van der Waals surface area contributed by atoms with Crippen LogP contribution in [0.1, 0.15) is 47.1 Å². The fourth-order valence-electron chi connectivity index (χ4n) is 3.76. The van der Waals surface area contributed by atoms with Gasteiger partial charge in [0.1, 0.15) is 11.7 Å². The highest BCUT2D eigenvalue weighted by Gasteiger charge is 2.29. The van der Waals surface area contributed by atoms with Crippen LogP contribution in [0.3, 0.4) is 0 Å². The van der Waals surface area contributed by atoms with Crippen molar-refractivity contribution < 1.29 is 9.59 Å². The maximum atomic E-state index is 12.8. The summed E-state index contributed by atoms with van der Waals surface area (Å²) in [6.45, 7) is 2.18. The van der Waals surface area contributed by atoms with Crippen molar-refractivity contribution >= 4 is 29.1 Å². The van der Waals surface area contributed by atoms with Gasteiger partial charge in [-0.3, -0.25) is 14.7 Å². The van der Waals surface area contributed by atoms with E-state index in [2.05, 4.69) is 27.8 Å². The Labute approximate surface area is 156 Å². The number of aryl methyl sites for hydroxylation is 2. The summed E-state index contributed by atoms with van der Waals surface area (Å²) in [6, 6.07) is 4.81. The molecule has 1 aromatic carbocycles. The summed E-state index contributed by atoms with van der Waals surface area (Å²) in [5.74, 6) is 0.0604. The first-order chi connectivity index (χ1) is 12.5. The molecule has 2 aliphatic rings. The summed E-state index contributed by atoms with van der Waals surface area (Å²) >= 11 is 6.04. The number of H-pyrrole nitrogens is 1. The van der Waals surface area contributed by atoms with E-state index in [1.165, 1.54) is 0 Å². The predicted molar refractivity (Wildman–Crippen MR) is 99.4 cm³/mol. The molecule has 1 unspecified atom stereocenters. The molecule has 1 aliphatic carbocycles. The number of carbonyl (C=O) groups is 2. The molecule has 2 amide bonds. The minimum absolute atomic E-state index is 0.207. The first-order valence-electron chi connectivity index (χ1n) is 8.97. The molecule has 1 aliphatic heterocycles. The maximum Gasteiger partial charge on any atom is 0.270 e. The number of anilines is 1. The van der Waals surface area contributed by atoms with Crippen molar-refractivity contribution in [2.24, 2.45) is 5.92 Å². The second-order valence-corrected chi connectivity index (χ2v) is 7.66. The smallest absolute Gasteiger partial charge is 0.270 e. The lowest BCUT2D eigenvalue weighted by atomic mass is 9.87. The number of fused-ring (bicyclic) bond motifs is 2. The number of aromatic amines is 1. The molecule has 136 valence electrons. The van der Waals surface area contributed by atoms with E-state index in [9.17, 15) is 9.59 Å². The van der Waals surface area contributed by atoms with Crippen molar-refractivity contribution in [3.05, 3.63) is 45.7 Å². The Bertz CT molecular complexity index is 876. The number of hydrogen-bond donors (Lipinski definition) is 3. The van der Waals surface area contributed by atoms with E-state index in [0.29, 0.717) is 29.5 Å². The van der Waals surface area contributed by atoms with Crippen LogP contribution in [0, 0.1) is 5.92 Å². The Morgan fingerprint density at radius 2 is 2.15 bits per heavy atom. The highest BCUT2D eigenvalue weighted by atomic mass is 35.5. The second kappa shape index (κ2) is 6.76. The van der Waals surface area contributed by atoms with Gasteiger partial charge in [0.2, 0.25) is 5.91 Å². The summed E-state index contributed by atoms with van der Waals surface area (Å²) in [4.78, 5) is 25.3. The maximum absolute atomic E-state index is 12.8. The molecule has 6 nitrogen and oxygen atoms in total. The van der Waals surface area contributed by atoms with Crippen LogP contribution in [0.15, 0.2) is 18.2 Å². The Kier molecular flexibility index (Phi) is 4.44. The molecule has 0 saturated heterocycles. The van der Waals surface area contributed by atoms with Gasteiger partial charge in [-0.1, -0.05) is 18.5 Å². The first-order valence-corrected chi connectivity index (χ1v) is 9.35. The quantitative estimate of drug-likeness (QED) is 0.757. The van der Waals surface area contributed by atoms with Gasteiger partial charge in [0.15, 0.2) is 0 Å². The lowest BCUT2D eigenvalue weighted by Crippen LogP contribution is -2.43. The number of carbonyl (C=O) groups excluding carboxylic acids is 2. The summed E-state index contributed by atoms with van der Waals surface area (Å²) in [5, 5.41) is 13.5. The molecule has 0 fully saturated rings. The van der Waals surface area contributed by atoms with Crippen LogP contribution in [0.4, 0.5) is 5.69 Å². The van der Waals surface area contributed by atoms with Crippen LogP contribution in [0.5, 0.6) is 0 Å². The number of benzene rings is 1. The molecule has 3 N–H and O–H groups in total. The third-order valence-electron chi connectivity index (χ3n) is 5.26. The average molecular weight is 373 g/mol. The zero-order valence-electron chi connectivity index (χ0n) is 14.6. The van der Waals surface area contributed by atoms with Crippen molar-refractivity contribution in [1.82, 2.24) is 15.5 Å². The van der Waals surface area contributed by atoms with E-state index in [0.717, 1.165) is 41.8 Å². The SMILES string of the molecule is CC1CCc2n[nH]c(C(=O)N[C@H]3CCc4cc(Cl)ccc4NC3=O)c2C1. The van der Waals surface area contributed by atoms with Gasteiger partial charge < -0.3 is 10.6 Å². The van der Waals surface area contributed by atoms with Gasteiger partial charge in [0, 0.05) is 16.3 Å². The van der Waals surface area contributed by atoms with Crippen LogP contribution in [0.25, 0.3) is 0 Å². The summed E-state index contributed by atoms with van der Waals surface area (Å²) in [7, 11) is 0. The van der Waals surface area contributed by atoms with Crippen molar-refractivity contribution in [1.29, 1.82) is 0 Å². The number of rotatable bonds is 2. The number of amides is 2. The molecule has 2 atom stereocenters. The van der Waals surface area contributed by atoms with Crippen molar-refractivity contribution in [3.8, 4) is 0 Å². The average Bonchev–Trinajstić information content (AvgIpc) is 2.96. The number of nitrogens with one attached hydrogen (secondary N) is 3. The minimum Gasteiger partial charge on any atom is -0.339 e. The third-order valence-corrected chi connectivity index (χ3v) is 5.49. The predicted octanol–water partition coefficient (Wildman–Crippen LogP) is 2.87. The Hall–Kier alpha value is -2.34. The molecule has 0 spiro atoms. The van der Waals surface area contributed by atoms with E-state index in [4.69, 9.17) is 11.6 Å². The molecule has 2 aromatic rings. The van der Waals surface area contributed by atoms with E-state index in [-0.39, 0.29) is 11.8 Å². The largest absolute Gasteiger partial charge is 0.339 e. The molecule has 26 heavy (non-hydrogen) atoms. The second-order valence-electron chi connectivity index (χ2n) is 7.23. The molecule has 7 heteroatoms. The Balaban J connectivity index is 1.50. The van der Waals surface area contributed by atoms with Crippen LogP contribution < -0.4 is 10.6 Å². The molecule has 0 bridgehead atoms.